The fourth-order valence-electron chi connectivity index (χ4n) is 2.11. The summed E-state index contributed by atoms with van der Waals surface area (Å²) < 4.78 is 0. The molecule has 0 N–H and O–H groups in total. The minimum Gasteiger partial charge on any atom is -0.359 e. The Kier molecular flexibility index (Phi) is 2.91. The summed E-state index contributed by atoms with van der Waals surface area (Å²) in [5.74, 6) is 0. The first-order chi connectivity index (χ1) is 7.36. The lowest BCUT2D eigenvalue weighted by Gasteiger charge is -2.24. The molecular weight excluding hydrogens is 182 g/mol. The number of hydrogen-bond donors (Lipinski definition) is 0. The van der Waals surface area contributed by atoms with Gasteiger partial charge in [-0.2, -0.15) is 0 Å². The van der Waals surface area contributed by atoms with Crippen LogP contribution >= 0.6 is 0 Å². The minimum atomic E-state index is 0.889. The highest BCUT2D eigenvalue weighted by molar-refractivity contribution is 5.63. The van der Waals surface area contributed by atoms with Crippen LogP contribution < -0.4 is 4.90 Å². The van der Waals surface area contributed by atoms with Crippen LogP contribution in [0, 0.1) is 6.04 Å². The van der Waals surface area contributed by atoms with Crippen molar-refractivity contribution < 1.29 is 0 Å². The quantitative estimate of drug-likeness (QED) is 0.671. The maximum absolute atomic E-state index is 3.81. The van der Waals surface area contributed by atoms with Crippen LogP contribution in [0.25, 0.3) is 0 Å². The first-order valence-corrected chi connectivity index (χ1v) is 5.28. The average Bonchev–Trinajstić information content (AvgIpc) is 2.59. The second-order valence-corrected chi connectivity index (χ2v) is 3.76. The minimum absolute atomic E-state index is 0.889. The molecule has 0 atom stereocenters. The van der Waals surface area contributed by atoms with Crippen LogP contribution in [0.3, 0.4) is 0 Å². The molecule has 1 nitrogen and oxygen atoms in total. The van der Waals surface area contributed by atoms with Crippen LogP contribution in [0.15, 0.2) is 49.6 Å². The fourth-order valence-corrected chi connectivity index (χ4v) is 2.11. The lowest BCUT2D eigenvalue weighted by Crippen LogP contribution is -2.24. The van der Waals surface area contributed by atoms with E-state index < -0.39 is 0 Å². The monoisotopic (exact) mass is 198 g/mol. The molecule has 0 aliphatic carbocycles. The molecule has 15 heavy (non-hydrogen) atoms. The van der Waals surface area contributed by atoms with Crippen molar-refractivity contribution in [2.24, 2.45) is 0 Å². The molecule has 1 aliphatic heterocycles. The van der Waals surface area contributed by atoms with Gasteiger partial charge in [0.05, 0.1) is 6.04 Å². The molecule has 0 amide bonds. The number of anilines is 1. The van der Waals surface area contributed by atoms with E-state index in [0.717, 1.165) is 19.4 Å². The third-order valence-corrected chi connectivity index (χ3v) is 2.75. The topological polar surface area (TPSA) is 3.24 Å². The highest BCUT2D eigenvalue weighted by Crippen LogP contribution is 2.37. The summed E-state index contributed by atoms with van der Waals surface area (Å²) in [6, 6.07) is 9.98. The number of para-hydroxylation sites is 1. The van der Waals surface area contributed by atoms with Gasteiger partial charge in [0.15, 0.2) is 0 Å². The van der Waals surface area contributed by atoms with Crippen LogP contribution in [0.4, 0.5) is 5.69 Å². The highest BCUT2D eigenvalue weighted by atomic mass is 15.2. The molecule has 0 bridgehead atoms. The zero-order valence-corrected chi connectivity index (χ0v) is 8.95. The summed E-state index contributed by atoms with van der Waals surface area (Å²) in [6.07, 6.45) is 5.93. The molecule has 1 aromatic rings. The Morgan fingerprint density at radius 1 is 1.20 bits per heavy atom. The second kappa shape index (κ2) is 4.35. The maximum atomic E-state index is 3.81. The summed E-state index contributed by atoms with van der Waals surface area (Å²) in [7, 11) is 0. The smallest absolute Gasteiger partial charge is 0.0718 e. The van der Waals surface area contributed by atoms with Gasteiger partial charge in [-0.05, 0) is 18.1 Å². The van der Waals surface area contributed by atoms with E-state index in [0.29, 0.717) is 0 Å². The number of benzene rings is 1. The lowest BCUT2D eigenvalue weighted by atomic mass is 10.1. The van der Waals surface area contributed by atoms with Crippen molar-refractivity contribution in [3.63, 3.8) is 0 Å². The second-order valence-electron chi connectivity index (χ2n) is 3.76. The zero-order chi connectivity index (χ0) is 10.7. The first-order valence-electron chi connectivity index (χ1n) is 5.28. The normalized spacial score (nSPS) is 15.1. The fraction of sp³-hybridized carbons (Fsp3) is 0.214. The van der Waals surface area contributed by atoms with E-state index in [2.05, 4.69) is 42.3 Å². The van der Waals surface area contributed by atoms with Gasteiger partial charge in [-0.25, -0.2) is 0 Å². The van der Waals surface area contributed by atoms with Crippen molar-refractivity contribution in [3.05, 3.63) is 61.2 Å². The van der Waals surface area contributed by atoms with E-state index in [-0.39, 0.29) is 0 Å². The maximum Gasteiger partial charge on any atom is 0.0718 e. The Hall–Kier alpha value is -1.50. The summed E-state index contributed by atoms with van der Waals surface area (Å²) in [6.45, 7) is 8.51. The Bertz CT molecular complexity index is 367. The summed E-state index contributed by atoms with van der Waals surface area (Å²) >= 11 is 0. The van der Waals surface area contributed by atoms with Crippen LogP contribution in [-0.4, -0.2) is 6.54 Å². The van der Waals surface area contributed by atoms with E-state index >= 15 is 0 Å². The summed E-state index contributed by atoms with van der Waals surface area (Å²) in [5.41, 5.74) is 2.74. The Labute approximate surface area is 91.7 Å². The Morgan fingerprint density at radius 2 is 2.00 bits per heavy atom. The van der Waals surface area contributed by atoms with Crippen LogP contribution in [-0.2, 0) is 6.42 Å². The molecule has 1 aliphatic rings. The number of fused-ring (bicyclic) bond motifs is 1. The predicted octanol–water partition coefficient (Wildman–Crippen LogP) is 3.34. The molecule has 1 heteroatoms. The Balaban J connectivity index is 2.28. The highest BCUT2D eigenvalue weighted by Gasteiger charge is 2.27. The van der Waals surface area contributed by atoms with Gasteiger partial charge in [0.2, 0.25) is 0 Å². The molecule has 1 radical (unpaired) electrons. The van der Waals surface area contributed by atoms with E-state index in [9.17, 15) is 0 Å². The largest absolute Gasteiger partial charge is 0.359 e. The average molecular weight is 198 g/mol. The molecule has 1 aromatic carbocycles. The SMILES string of the molecule is C=CC[C]1Cc2ccccc2N1CC=C. The molecule has 1 heterocycles. The van der Waals surface area contributed by atoms with Crippen molar-refractivity contribution in [1.29, 1.82) is 0 Å². The van der Waals surface area contributed by atoms with Gasteiger partial charge in [-0.15, -0.1) is 13.2 Å². The van der Waals surface area contributed by atoms with Crippen molar-refractivity contribution >= 4 is 5.69 Å². The Morgan fingerprint density at radius 3 is 2.73 bits per heavy atom. The molecule has 2 rings (SSSR count). The number of hydrogen-bond acceptors (Lipinski definition) is 1. The molecule has 0 saturated carbocycles. The van der Waals surface area contributed by atoms with Crippen molar-refractivity contribution in [2.45, 2.75) is 12.8 Å². The van der Waals surface area contributed by atoms with Crippen molar-refractivity contribution in [3.8, 4) is 0 Å². The molecule has 0 aromatic heterocycles. The molecule has 77 valence electrons. The molecule has 0 saturated heterocycles. The molecular formula is C14H16N. The summed E-state index contributed by atoms with van der Waals surface area (Å²) in [5, 5.41) is 0. The standard InChI is InChI=1S/C14H16N/c1-3-7-13-11-12-8-5-6-9-14(12)15(13)10-4-2/h3-6,8-9H,1-2,7,10-11H2. The van der Waals surface area contributed by atoms with Crippen LogP contribution in [0.1, 0.15) is 12.0 Å². The summed E-state index contributed by atoms with van der Waals surface area (Å²) in [4.78, 5) is 2.34. The number of nitrogens with zero attached hydrogens (tertiary/aromatic N) is 1. The third kappa shape index (κ3) is 1.82. The molecule has 0 unspecified atom stereocenters. The van der Waals surface area contributed by atoms with E-state index in [4.69, 9.17) is 0 Å². The van der Waals surface area contributed by atoms with Gasteiger partial charge in [0.25, 0.3) is 0 Å². The van der Waals surface area contributed by atoms with Gasteiger partial charge in [-0.3, -0.25) is 0 Å². The van der Waals surface area contributed by atoms with Crippen molar-refractivity contribution in [2.75, 3.05) is 11.4 Å². The zero-order valence-electron chi connectivity index (χ0n) is 8.95. The van der Waals surface area contributed by atoms with Gasteiger partial charge >= 0.3 is 0 Å². The first kappa shape index (κ1) is 10.0. The van der Waals surface area contributed by atoms with Gasteiger partial charge in [0.1, 0.15) is 0 Å². The van der Waals surface area contributed by atoms with Crippen LogP contribution in [0.5, 0.6) is 0 Å². The van der Waals surface area contributed by atoms with Gasteiger partial charge in [-0.1, -0.05) is 30.4 Å². The van der Waals surface area contributed by atoms with Crippen molar-refractivity contribution in [1.82, 2.24) is 0 Å². The molecule has 0 spiro atoms. The van der Waals surface area contributed by atoms with Gasteiger partial charge < -0.3 is 4.90 Å². The van der Waals surface area contributed by atoms with E-state index in [1.54, 1.807) is 0 Å². The third-order valence-electron chi connectivity index (χ3n) is 2.75. The predicted molar refractivity (Wildman–Crippen MR) is 65.7 cm³/mol. The lowest BCUT2D eigenvalue weighted by molar-refractivity contribution is 0.817. The molecule has 0 fully saturated rings. The van der Waals surface area contributed by atoms with E-state index in [1.165, 1.54) is 17.3 Å². The van der Waals surface area contributed by atoms with E-state index in [1.807, 2.05) is 12.2 Å². The number of rotatable bonds is 4. The van der Waals surface area contributed by atoms with Crippen LogP contribution in [0.2, 0.25) is 0 Å². The van der Waals surface area contributed by atoms with Gasteiger partial charge in [0, 0.05) is 18.7 Å².